The van der Waals surface area contributed by atoms with Gasteiger partial charge in [0.25, 0.3) is 0 Å². The Bertz CT molecular complexity index is 422. The number of rotatable bonds is 6. The van der Waals surface area contributed by atoms with Crippen LogP contribution in [0.3, 0.4) is 0 Å². The SMILES string of the molecule is CCCNC(c1cncnc1)C1(N2CCCC2)CCCC1. The molecule has 2 heterocycles. The van der Waals surface area contributed by atoms with Crippen LogP contribution in [-0.2, 0) is 0 Å². The van der Waals surface area contributed by atoms with Gasteiger partial charge in [0.1, 0.15) is 6.33 Å². The first-order chi connectivity index (χ1) is 10.4. The highest BCUT2D eigenvalue weighted by molar-refractivity contribution is 5.19. The molecule has 116 valence electrons. The fourth-order valence-electron chi connectivity index (χ4n) is 4.30. The minimum absolute atomic E-state index is 0.288. The van der Waals surface area contributed by atoms with Gasteiger partial charge in [0, 0.05) is 23.5 Å². The van der Waals surface area contributed by atoms with E-state index in [9.17, 15) is 0 Å². The summed E-state index contributed by atoms with van der Waals surface area (Å²) in [7, 11) is 0. The molecule has 21 heavy (non-hydrogen) atoms. The van der Waals surface area contributed by atoms with Crippen LogP contribution in [0, 0.1) is 0 Å². The average molecular weight is 288 g/mol. The van der Waals surface area contributed by atoms with Crippen molar-refractivity contribution in [1.29, 1.82) is 0 Å². The highest BCUT2D eigenvalue weighted by atomic mass is 15.2. The maximum atomic E-state index is 4.27. The Balaban J connectivity index is 1.91. The van der Waals surface area contributed by atoms with Crippen LogP contribution in [0.4, 0.5) is 0 Å². The zero-order valence-electron chi connectivity index (χ0n) is 13.2. The summed E-state index contributed by atoms with van der Waals surface area (Å²) < 4.78 is 0. The smallest absolute Gasteiger partial charge is 0.115 e. The first-order valence-electron chi connectivity index (χ1n) is 8.60. The number of hydrogen-bond acceptors (Lipinski definition) is 4. The quantitative estimate of drug-likeness (QED) is 0.874. The van der Waals surface area contributed by atoms with Crippen LogP contribution in [-0.4, -0.2) is 40.0 Å². The van der Waals surface area contributed by atoms with Crippen LogP contribution in [0.2, 0.25) is 0 Å². The summed E-state index contributed by atoms with van der Waals surface area (Å²) >= 11 is 0. The molecule has 2 fully saturated rings. The van der Waals surface area contributed by atoms with E-state index in [1.165, 1.54) is 63.6 Å². The first-order valence-corrected chi connectivity index (χ1v) is 8.60. The Labute approximate surface area is 128 Å². The van der Waals surface area contributed by atoms with Crippen LogP contribution in [0.1, 0.15) is 63.5 Å². The summed E-state index contributed by atoms with van der Waals surface area (Å²) in [5.41, 5.74) is 1.55. The molecule has 1 aliphatic heterocycles. The lowest BCUT2D eigenvalue weighted by atomic mass is 9.82. The molecule has 4 nitrogen and oxygen atoms in total. The predicted octanol–water partition coefficient (Wildman–Crippen LogP) is 2.93. The molecule has 1 saturated carbocycles. The van der Waals surface area contributed by atoms with Crippen molar-refractivity contribution in [2.45, 2.75) is 63.5 Å². The van der Waals surface area contributed by atoms with Gasteiger partial charge in [-0.1, -0.05) is 19.8 Å². The molecule has 0 spiro atoms. The second-order valence-corrected chi connectivity index (χ2v) is 6.56. The van der Waals surface area contributed by atoms with Gasteiger partial charge in [0.05, 0.1) is 6.04 Å². The van der Waals surface area contributed by atoms with Crippen LogP contribution in [0.25, 0.3) is 0 Å². The minimum Gasteiger partial charge on any atom is -0.308 e. The fraction of sp³-hybridized carbons (Fsp3) is 0.765. The molecule has 0 aromatic carbocycles. The fourth-order valence-corrected chi connectivity index (χ4v) is 4.30. The van der Waals surface area contributed by atoms with Crippen LogP contribution < -0.4 is 5.32 Å². The molecule has 1 aromatic heterocycles. The van der Waals surface area contributed by atoms with Crippen molar-refractivity contribution in [3.05, 3.63) is 24.3 Å². The van der Waals surface area contributed by atoms with Gasteiger partial charge < -0.3 is 5.32 Å². The monoisotopic (exact) mass is 288 g/mol. The Hall–Kier alpha value is -1.00. The maximum Gasteiger partial charge on any atom is 0.115 e. The Morgan fingerprint density at radius 1 is 1.14 bits per heavy atom. The molecule has 4 heteroatoms. The molecule has 0 radical (unpaired) electrons. The van der Waals surface area contributed by atoms with Gasteiger partial charge in [-0.2, -0.15) is 0 Å². The largest absolute Gasteiger partial charge is 0.308 e. The molecule has 1 saturated heterocycles. The second kappa shape index (κ2) is 6.84. The van der Waals surface area contributed by atoms with Crippen molar-refractivity contribution in [3.63, 3.8) is 0 Å². The third kappa shape index (κ3) is 2.97. The maximum absolute atomic E-state index is 4.27. The van der Waals surface area contributed by atoms with Gasteiger partial charge in [-0.05, 0) is 51.7 Å². The third-order valence-corrected chi connectivity index (χ3v) is 5.25. The summed E-state index contributed by atoms with van der Waals surface area (Å²) in [6.45, 7) is 5.83. The van der Waals surface area contributed by atoms with Gasteiger partial charge in [-0.25, -0.2) is 9.97 Å². The number of likely N-dealkylation sites (tertiary alicyclic amines) is 1. The minimum atomic E-state index is 0.288. The highest BCUT2D eigenvalue weighted by Crippen LogP contribution is 2.45. The Morgan fingerprint density at radius 3 is 2.43 bits per heavy atom. The summed E-state index contributed by atoms with van der Waals surface area (Å²) in [6.07, 6.45) is 14.9. The van der Waals surface area contributed by atoms with E-state index in [0.717, 1.165) is 6.54 Å². The van der Waals surface area contributed by atoms with Crippen molar-refractivity contribution >= 4 is 0 Å². The normalized spacial score (nSPS) is 23.5. The van der Waals surface area contributed by atoms with Gasteiger partial charge in [0.15, 0.2) is 0 Å². The van der Waals surface area contributed by atoms with E-state index in [1.807, 2.05) is 12.4 Å². The summed E-state index contributed by atoms with van der Waals surface area (Å²) in [6, 6.07) is 0.374. The van der Waals surface area contributed by atoms with Crippen molar-refractivity contribution in [2.75, 3.05) is 19.6 Å². The van der Waals surface area contributed by atoms with Gasteiger partial charge in [0.2, 0.25) is 0 Å². The van der Waals surface area contributed by atoms with E-state index in [1.54, 1.807) is 6.33 Å². The predicted molar refractivity (Wildman–Crippen MR) is 85.1 cm³/mol. The standard InChI is InChI=1S/C17H28N4/c1-2-9-20-16(15-12-18-14-19-13-15)17(7-3-4-8-17)21-10-5-6-11-21/h12-14,16,20H,2-11H2,1H3. The lowest BCUT2D eigenvalue weighted by Crippen LogP contribution is -2.54. The molecule has 1 N–H and O–H groups in total. The van der Waals surface area contributed by atoms with E-state index in [0.29, 0.717) is 6.04 Å². The van der Waals surface area contributed by atoms with Crippen LogP contribution in [0.15, 0.2) is 18.7 Å². The van der Waals surface area contributed by atoms with E-state index in [2.05, 4.69) is 27.1 Å². The molecule has 2 aliphatic rings. The Kier molecular flexibility index (Phi) is 4.86. The zero-order valence-corrected chi connectivity index (χ0v) is 13.2. The topological polar surface area (TPSA) is 41.1 Å². The van der Waals surface area contributed by atoms with Crippen LogP contribution >= 0.6 is 0 Å². The highest BCUT2D eigenvalue weighted by Gasteiger charge is 2.47. The summed E-state index contributed by atoms with van der Waals surface area (Å²) in [4.78, 5) is 11.3. The lowest BCUT2D eigenvalue weighted by Gasteiger charge is -2.45. The number of nitrogens with zero attached hydrogens (tertiary/aromatic N) is 3. The van der Waals surface area contributed by atoms with E-state index < -0.39 is 0 Å². The van der Waals surface area contributed by atoms with E-state index >= 15 is 0 Å². The molecule has 1 atom stereocenters. The number of nitrogens with one attached hydrogen (secondary N) is 1. The van der Waals surface area contributed by atoms with Crippen molar-refractivity contribution in [3.8, 4) is 0 Å². The molecule has 1 aromatic rings. The van der Waals surface area contributed by atoms with Crippen molar-refractivity contribution in [1.82, 2.24) is 20.2 Å². The third-order valence-electron chi connectivity index (χ3n) is 5.25. The molecular formula is C17H28N4. The number of hydrogen-bond donors (Lipinski definition) is 1. The number of aromatic nitrogens is 2. The van der Waals surface area contributed by atoms with Gasteiger partial charge in [-0.15, -0.1) is 0 Å². The summed E-state index contributed by atoms with van der Waals surface area (Å²) in [5, 5.41) is 3.82. The van der Waals surface area contributed by atoms with Crippen LogP contribution in [0.5, 0.6) is 0 Å². The lowest BCUT2D eigenvalue weighted by molar-refractivity contribution is 0.0761. The molecule has 0 amide bonds. The van der Waals surface area contributed by atoms with Gasteiger partial charge >= 0.3 is 0 Å². The van der Waals surface area contributed by atoms with E-state index in [-0.39, 0.29) is 5.54 Å². The first kappa shape index (κ1) is 14.9. The van der Waals surface area contributed by atoms with Crippen molar-refractivity contribution < 1.29 is 0 Å². The van der Waals surface area contributed by atoms with Gasteiger partial charge in [-0.3, -0.25) is 4.90 Å². The zero-order chi connectivity index (χ0) is 14.5. The second-order valence-electron chi connectivity index (χ2n) is 6.56. The molecule has 0 bridgehead atoms. The van der Waals surface area contributed by atoms with E-state index in [4.69, 9.17) is 0 Å². The molecule has 1 aliphatic carbocycles. The molecule has 1 unspecified atom stereocenters. The summed E-state index contributed by atoms with van der Waals surface area (Å²) in [5.74, 6) is 0. The molecule has 3 rings (SSSR count). The molecular weight excluding hydrogens is 260 g/mol. The average Bonchev–Trinajstić information content (AvgIpc) is 3.21. The Morgan fingerprint density at radius 2 is 1.81 bits per heavy atom. The van der Waals surface area contributed by atoms with Crippen molar-refractivity contribution in [2.24, 2.45) is 0 Å².